The third-order valence-electron chi connectivity index (χ3n) is 3.28. The second kappa shape index (κ2) is 7.83. The summed E-state index contributed by atoms with van der Waals surface area (Å²) in [6.07, 6.45) is 0.836. The molecule has 0 bridgehead atoms. The van der Waals surface area contributed by atoms with Crippen LogP contribution < -0.4 is 14.8 Å². The van der Waals surface area contributed by atoms with Crippen molar-refractivity contribution in [1.82, 2.24) is 5.32 Å². The van der Waals surface area contributed by atoms with Gasteiger partial charge in [-0.15, -0.1) is 0 Å². The molecule has 7 heteroatoms. The van der Waals surface area contributed by atoms with E-state index in [1.807, 2.05) is 6.92 Å². The van der Waals surface area contributed by atoms with Crippen LogP contribution in [0.15, 0.2) is 53.4 Å². The number of amides is 1. The molecule has 2 aromatic rings. The first-order chi connectivity index (χ1) is 11.5. The standard InChI is InChI=1S/C17H20N2O4S/c1-3-11-18-17(20)13-7-9-16(10-8-13)24(21,22)19-14-5-4-6-15(12-14)23-2/h4-10,12,19H,3,11H2,1-2H3,(H,18,20). The van der Waals surface area contributed by atoms with Crippen molar-refractivity contribution in [1.29, 1.82) is 0 Å². The van der Waals surface area contributed by atoms with Crippen molar-refractivity contribution in [2.24, 2.45) is 0 Å². The Morgan fingerprint density at radius 1 is 1.12 bits per heavy atom. The Kier molecular flexibility index (Phi) is 5.81. The van der Waals surface area contributed by atoms with Crippen molar-refractivity contribution < 1.29 is 17.9 Å². The summed E-state index contributed by atoms with van der Waals surface area (Å²) in [5, 5.41) is 2.74. The number of methoxy groups -OCH3 is 1. The van der Waals surface area contributed by atoms with Gasteiger partial charge in [0.1, 0.15) is 5.75 Å². The number of anilines is 1. The van der Waals surface area contributed by atoms with E-state index in [2.05, 4.69) is 10.0 Å². The summed E-state index contributed by atoms with van der Waals surface area (Å²) in [7, 11) is -2.23. The van der Waals surface area contributed by atoms with Gasteiger partial charge >= 0.3 is 0 Å². The van der Waals surface area contributed by atoms with E-state index in [4.69, 9.17) is 4.74 Å². The molecule has 0 radical (unpaired) electrons. The highest BCUT2D eigenvalue weighted by molar-refractivity contribution is 7.92. The van der Waals surface area contributed by atoms with Crippen LogP contribution in [-0.2, 0) is 10.0 Å². The topological polar surface area (TPSA) is 84.5 Å². The van der Waals surface area contributed by atoms with Gasteiger partial charge in [0.05, 0.1) is 17.7 Å². The molecule has 128 valence electrons. The zero-order valence-electron chi connectivity index (χ0n) is 13.6. The molecule has 0 aliphatic heterocycles. The van der Waals surface area contributed by atoms with Crippen LogP contribution in [0.3, 0.4) is 0 Å². The molecule has 2 N–H and O–H groups in total. The summed E-state index contributed by atoms with van der Waals surface area (Å²) in [5.41, 5.74) is 0.822. The molecule has 0 spiro atoms. The summed E-state index contributed by atoms with van der Waals surface area (Å²) in [5.74, 6) is 0.333. The molecule has 6 nitrogen and oxygen atoms in total. The van der Waals surface area contributed by atoms with E-state index >= 15 is 0 Å². The Morgan fingerprint density at radius 3 is 2.46 bits per heavy atom. The number of ether oxygens (including phenoxy) is 1. The Hall–Kier alpha value is -2.54. The smallest absolute Gasteiger partial charge is 0.261 e. The average molecular weight is 348 g/mol. The van der Waals surface area contributed by atoms with Gasteiger partial charge in [0, 0.05) is 18.2 Å². The second-order valence-corrected chi connectivity index (χ2v) is 6.80. The highest BCUT2D eigenvalue weighted by Crippen LogP contribution is 2.20. The van der Waals surface area contributed by atoms with E-state index in [1.54, 1.807) is 24.3 Å². The largest absolute Gasteiger partial charge is 0.497 e. The third-order valence-corrected chi connectivity index (χ3v) is 4.68. The number of hydrogen-bond donors (Lipinski definition) is 2. The Balaban J connectivity index is 2.15. The predicted molar refractivity (Wildman–Crippen MR) is 92.9 cm³/mol. The number of nitrogens with one attached hydrogen (secondary N) is 2. The molecule has 24 heavy (non-hydrogen) atoms. The van der Waals surface area contributed by atoms with Gasteiger partial charge in [0.25, 0.3) is 15.9 Å². The molecule has 0 atom stereocenters. The summed E-state index contributed by atoms with van der Waals surface area (Å²) < 4.78 is 32.4. The van der Waals surface area contributed by atoms with E-state index in [0.717, 1.165) is 6.42 Å². The molecule has 0 aliphatic carbocycles. The molecule has 2 rings (SSSR count). The zero-order chi connectivity index (χ0) is 17.6. The van der Waals surface area contributed by atoms with Gasteiger partial charge in [0.2, 0.25) is 0 Å². The van der Waals surface area contributed by atoms with Crippen LogP contribution in [0.5, 0.6) is 5.75 Å². The van der Waals surface area contributed by atoms with Gasteiger partial charge in [-0.05, 0) is 42.8 Å². The number of carbonyl (C=O) groups excluding carboxylic acids is 1. The van der Waals surface area contributed by atoms with Crippen molar-refractivity contribution in [3.05, 3.63) is 54.1 Å². The first kappa shape index (κ1) is 17.8. The van der Waals surface area contributed by atoms with Gasteiger partial charge in [-0.1, -0.05) is 13.0 Å². The van der Waals surface area contributed by atoms with E-state index in [9.17, 15) is 13.2 Å². The lowest BCUT2D eigenvalue weighted by atomic mass is 10.2. The summed E-state index contributed by atoms with van der Waals surface area (Å²) in [6.45, 7) is 2.54. The minimum absolute atomic E-state index is 0.0809. The fourth-order valence-corrected chi connectivity index (χ4v) is 3.08. The van der Waals surface area contributed by atoms with Crippen LogP contribution in [0.4, 0.5) is 5.69 Å². The molecule has 0 saturated carbocycles. The van der Waals surface area contributed by atoms with Crippen LogP contribution in [-0.4, -0.2) is 28.0 Å². The molecule has 0 aliphatic rings. The summed E-state index contributed by atoms with van der Waals surface area (Å²) >= 11 is 0. The SMILES string of the molecule is CCCNC(=O)c1ccc(S(=O)(=O)Nc2cccc(OC)c2)cc1. The van der Waals surface area contributed by atoms with Crippen LogP contribution in [0.1, 0.15) is 23.7 Å². The van der Waals surface area contributed by atoms with Crippen LogP contribution in [0.25, 0.3) is 0 Å². The number of carbonyl (C=O) groups is 1. The third kappa shape index (κ3) is 4.48. The summed E-state index contributed by atoms with van der Waals surface area (Å²) in [4.78, 5) is 11.9. The predicted octanol–water partition coefficient (Wildman–Crippen LogP) is 2.64. The highest BCUT2D eigenvalue weighted by Gasteiger charge is 2.15. The molecular weight excluding hydrogens is 328 g/mol. The van der Waals surface area contributed by atoms with Gasteiger partial charge in [-0.25, -0.2) is 8.42 Å². The van der Waals surface area contributed by atoms with Crippen LogP contribution >= 0.6 is 0 Å². The van der Waals surface area contributed by atoms with Gasteiger partial charge in [0.15, 0.2) is 0 Å². The maximum absolute atomic E-state index is 12.4. The average Bonchev–Trinajstić information content (AvgIpc) is 2.59. The minimum atomic E-state index is -3.73. The van der Waals surface area contributed by atoms with E-state index in [1.165, 1.54) is 31.4 Å². The molecule has 0 aromatic heterocycles. The molecule has 2 aromatic carbocycles. The molecule has 0 unspecified atom stereocenters. The highest BCUT2D eigenvalue weighted by atomic mass is 32.2. The Labute approximate surface area is 141 Å². The van der Waals surface area contributed by atoms with Crippen LogP contribution in [0, 0.1) is 0 Å². The molecule has 1 amide bonds. The second-order valence-electron chi connectivity index (χ2n) is 5.12. The fraction of sp³-hybridized carbons (Fsp3) is 0.235. The lowest BCUT2D eigenvalue weighted by Crippen LogP contribution is -2.24. The molecule has 0 heterocycles. The normalized spacial score (nSPS) is 10.9. The molecule has 0 fully saturated rings. The van der Waals surface area contributed by atoms with E-state index < -0.39 is 10.0 Å². The number of benzene rings is 2. The Bertz CT molecular complexity index is 802. The van der Waals surface area contributed by atoms with Crippen LogP contribution in [0.2, 0.25) is 0 Å². The quantitative estimate of drug-likeness (QED) is 0.805. The number of rotatable bonds is 7. The first-order valence-electron chi connectivity index (χ1n) is 7.51. The van der Waals surface area contributed by atoms with E-state index in [0.29, 0.717) is 23.5 Å². The fourth-order valence-electron chi connectivity index (χ4n) is 2.03. The van der Waals surface area contributed by atoms with Crippen molar-refractivity contribution >= 4 is 21.6 Å². The lowest BCUT2D eigenvalue weighted by Gasteiger charge is -2.10. The molecule has 0 saturated heterocycles. The van der Waals surface area contributed by atoms with Crippen molar-refractivity contribution in [2.45, 2.75) is 18.2 Å². The lowest BCUT2D eigenvalue weighted by molar-refractivity contribution is 0.0953. The minimum Gasteiger partial charge on any atom is -0.497 e. The van der Waals surface area contributed by atoms with Gasteiger partial charge in [-0.3, -0.25) is 9.52 Å². The van der Waals surface area contributed by atoms with Gasteiger partial charge in [-0.2, -0.15) is 0 Å². The maximum Gasteiger partial charge on any atom is 0.261 e. The van der Waals surface area contributed by atoms with E-state index in [-0.39, 0.29) is 10.8 Å². The van der Waals surface area contributed by atoms with Crippen molar-refractivity contribution in [2.75, 3.05) is 18.4 Å². The Morgan fingerprint density at radius 2 is 1.83 bits per heavy atom. The number of sulfonamides is 1. The van der Waals surface area contributed by atoms with Crippen molar-refractivity contribution in [3.63, 3.8) is 0 Å². The zero-order valence-corrected chi connectivity index (χ0v) is 14.4. The monoisotopic (exact) mass is 348 g/mol. The number of hydrogen-bond acceptors (Lipinski definition) is 4. The van der Waals surface area contributed by atoms with Crippen molar-refractivity contribution in [3.8, 4) is 5.75 Å². The molecular formula is C17H20N2O4S. The maximum atomic E-state index is 12.4. The first-order valence-corrected chi connectivity index (χ1v) is 8.99. The summed E-state index contributed by atoms with van der Waals surface area (Å²) in [6, 6.07) is 12.4. The van der Waals surface area contributed by atoms with Gasteiger partial charge < -0.3 is 10.1 Å².